The van der Waals surface area contributed by atoms with Gasteiger partial charge in [-0.2, -0.15) is 0 Å². The number of hydrogen-bond acceptors (Lipinski definition) is 3. The Balaban J connectivity index is 2.84. The number of aliphatic hydroxyl groups is 1. The number of rotatable bonds is 4. The Morgan fingerprint density at radius 1 is 1.31 bits per heavy atom. The molecule has 94 valence electrons. The molecule has 0 aliphatic heterocycles. The quantitative estimate of drug-likeness (QED) is 0.721. The van der Waals surface area contributed by atoms with Gasteiger partial charge in [0.05, 0.1) is 5.60 Å². The molecule has 3 nitrogen and oxygen atoms in total. The summed E-state index contributed by atoms with van der Waals surface area (Å²) in [5.41, 5.74) is 4.98. The molecule has 1 fully saturated rings. The van der Waals surface area contributed by atoms with Crippen molar-refractivity contribution >= 4 is 6.29 Å². The van der Waals surface area contributed by atoms with E-state index in [1.54, 1.807) is 6.92 Å². The number of carbonyl (C=O) groups is 1. The highest BCUT2D eigenvalue weighted by Gasteiger charge is 2.48. The first-order valence-electron chi connectivity index (χ1n) is 6.15. The molecule has 0 aromatic carbocycles. The fraction of sp³-hybridized carbons (Fsp3) is 0.923. The normalized spacial score (nSPS) is 27.1. The summed E-state index contributed by atoms with van der Waals surface area (Å²) in [6.45, 7) is 6.72. The lowest BCUT2D eigenvalue weighted by molar-refractivity contribution is -0.127. The first-order chi connectivity index (χ1) is 7.29. The van der Waals surface area contributed by atoms with Crippen molar-refractivity contribution in [2.45, 2.75) is 58.5 Å². The third-order valence-corrected chi connectivity index (χ3v) is 4.57. The fourth-order valence-corrected chi connectivity index (χ4v) is 2.75. The fourth-order valence-electron chi connectivity index (χ4n) is 2.75. The molecule has 0 aromatic heterocycles. The maximum Gasteiger partial charge on any atom is 0.122 e. The number of carbonyl (C=O) groups excluding carboxylic acids is 1. The smallest absolute Gasteiger partial charge is 0.122 e. The Kier molecular flexibility index (Phi) is 3.80. The van der Waals surface area contributed by atoms with E-state index < -0.39 is 5.60 Å². The lowest BCUT2D eigenvalue weighted by Crippen LogP contribution is -2.53. The van der Waals surface area contributed by atoms with E-state index in [-0.39, 0.29) is 11.8 Å². The van der Waals surface area contributed by atoms with E-state index in [1.165, 1.54) is 0 Å². The topological polar surface area (TPSA) is 63.3 Å². The van der Waals surface area contributed by atoms with Crippen molar-refractivity contribution in [3.63, 3.8) is 0 Å². The SMILES string of the molecule is CC1(C)CCC(CN)(C(C)(O)CC=O)CC1. The Morgan fingerprint density at radius 3 is 2.19 bits per heavy atom. The second-order valence-electron chi connectivity index (χ2n) is 6.29. The zero-order valence-corrected chi connectivity index (χ0v) is 10.8. The van der Waals surface area contributed by atoms with E-state index in [4.69, 9.17) is 5.73 Å². The Hall–Kier alpha value is -0.410. The Labute approximate surface area is 98.4 Å². The maximum absolute atomic E-state index is 10.6. The summed E-state index contributed by atoms with van der Waals surface area (Å²) in [7, 11) is 0. The van der Waals surface area contributed by atoms with Crippen molar-refractivity contribution in [2.24, 2.45) is 16.6 Å². The van der Waals surface area contributed by atoms with Crippen LogP contribution in [0.4, 0.5) is 0 Å². The van der Waals surface area contributed by atoms with Crippen molar-refractivity contribution in [1.82, 2.24) is 0 Å². The average Bonchev–Trinajstić information content (AvgIpc) is 2.18. The molecule has 3 N–H and O–H groups in total. The Morgan fingerprint density at radius 2 is 1.81 bits per heavy atom. The molecule has 0 amide bonds. The average molecular weight is 227 g/mol. The van der Waals surface area contributed by atoms with Crippen molar-refractivity contribution in [1.29, 1.82) is 0 Å². The predicted molar refractivity (Wildman–Crippen MR) is 65.0 cm³/mol. The highest BCUT2D eigenvalue weighted by molar-refractivity contribution is 5.51. The maximum atomic E-state index is 10.6. The zero-order chi connectivity index (χ0) is 12.4. The molecular weight excluding hydrogens is 202 g/mol. The highest BCUT2D eigenvalue weighted by atomic mass is 16.3. The number of aldehydes is 1. The van der Waals surface area contributed by atoms with Crippen LogP contribution in [0.1, 0.15) is 52.9 Å². The van der Waals surface area contributed by atoms with Crippen LogP contribution in [0.2, 0.25) is 0 Å². The van der Waals surface area contributed by atoms with Crippen molar-refractivity contribution in [2.75, 3.05) is 6.54 Å². The van der Waals surface area contributed by atoms with Gasteiger partial charge in [-0.25, -0.2) is 0 Å². The molecule has 1 atom stereocenters. The van der Waals surface area contributed by atoms with Gasteiger partial charge in [0, 0.05) is 18.4 Å². The van der Waals surface area contributed by atoms with Gasteiger partial charge >= 0.3 is 0 Å². The zero-order valence-electron chi connectivity index (χ0n) is 10.8. The van der Waals surface area contributed by atoms with Crippen LogP contribution in [-0.2, 0) is 4.79 Å². The van der Waals surface area contributed by atoms with Gasteiger partial charge in [-0.15, -0.1) is 0 Å². The van der Waals surface area contributed by atoms with Crippen LogP contribution in [0.25, 0.3) is 0 Å². The van der Waals surface area contributed by atoms with Crippen LogP contribution < -0.4 is 5.73 Å². The summed E-state index contributed by atoms with van der Waals surface area (Å²) in [4.78, 5) is 10.6. The molecule has 0 aromatic rings. The van der Waals surface area contributed by atoms with Gasteiger partial charge < -0.3 is 15.6 Å². The molecule has 1 aliphatic carbocycles. The van der Waals surface area contributed by atoms with Gasteiger partial charge in [0.1, 0.15) is 6.29 Å². The molecule has 3 heteroatoms. The van der Waals surface area contributed by atoms with Crippen LogP contribution in [-0.4, -0.2) is 23.5 Å². The summed E-state index contributed by atoms with van der Waals surface area (Å²) < 4.78 is 0. The van der Waals surface area contributed by atoms with E-state index in [2.05, 4.69) is 13.8 Å². The Bertz CT molecular complexity index is 249. The van der Waals surface area contributed by atoms with Crippen LogP contribution >= 0.6 is 0 Å². The summed E-state index contributed by atoms with van der Waals surface area (Å²) in [5, 5.41) is 10.4. The summed E-state index contributed by atoms with van der Waals surface area (Å²) in [5.74, 6) is 0. The molecule has 1 saturated carbocycles. The molecule has 1 aliphatic rings. The van der Waals surface area contributed by atoms with Crippen molar-refractivity contribution in [3.8, 4) is 0 Å². The van der Waals surface area contributed by atoms with Gasteiger partial charge in [-0.05, 0) is 38.0 Å². The molecular formula is C13H25NO2. The van der Waals surface area contributed by atoms with Gasteiger partial charge in [-0.1, -0.05) is 13.8 Å². The van der Waals surface area contributed by atoms with Crippen LogP contribution in [0.3, 0.4) is 0 Å². The van der Waals surface area contributed by atoms with E-state index in [9.17, 15) is 9.90 Å². The minimum absolute atomic E-state index is 0.185. The van der Waals surface area contributed by atoms with E-state index in [0.717, 1.165) is 32.0 Å². The van der Waals surface area contributed by atoms with Crippen LogP contribution in [0.5, 0.6) is 0 Å². The van der Waals surface area contributed by atoms with Gasteiger partial charge in [0.2, 0.25) is 0 Å². The number of hydrogen-bond donors (Lipinski definition) is 2. The lowest BCUT2D eigenvalue weighted by Gasteiger charge is -2.50. The highest BCUT2D eigenvalue weighted by Crippen LogP contribution is 2.50. The standard InChI is InChI=1S/C13H25NO2/c1-11(2)4-6-13(10-14,7-5-11)12(3,16)8-9-15/h9,16H,4-8,10,14H2,1-3H3. The van der Waals surface area contributed by atoms with E-state index in [1.807, 2.05) is 0 Å². The minimum Gasteiger partial charge on any atom is -0.389 e. The summed E-state index contributed by atoms with van der Waals surface area (Å²) in [6, 6.07) is 0. The third kappa shape index (κ3) is 2.46. The van der Waals surface area contributed by atoms with Gasteiger partial charge in [0.25, 0.3) is 0 Å². The van der Waals surface area contributed by atoms with Crippen molar-refractivity contribution in [3.05, 3.63) is 0 Å². The molecule has 0 heterocycles. The minimum atomic E-state index is -0.958. The summed E-state index contributed by atoms with van der Waals surface area (Å²) >= 11 is 0. The monoisotopic (exact) mass is 227 g/mol. The molecule has 0 radical (unpaired) electrons. The van der Waals surface area contributed by atoms with Gasteiger partial charge in [-0.3, -0.25) is 0 Å². The third-order valence-electron chi connectivity index (χ3n) is 4.57. The van der Waals surface area contributed by atoms with Crippen LogP contribution in [0.15, 0.2) is 0 Å². The second-order valence-corrected chi connectivity index (χ2v) is 6.29. The first-order valence-corrected chi connectivity index (χ1v) is 6.15. The molecule has 1 unspecified atom stereocenters. The first kappa shape index (κ1) is 13.7. The molecule has 1 rings (SSSR count). The lowest BCUT2D eigenvalue weighted by atomic mass is 9.58. The van der Waals surface area contributed by atoms with Gasteiger partial charge in [0.15, 0.2) is 0 Å². The summed E-state index contributed by atoms with van der Waals surface area (Å²) in [6.07, 6.45) is 4.95. The predicted octanol–water partition coefficient (Wildman–Crippen LogP) is 1.87. The van der Waals surface area contributed by atoms with Crippen LogP contribution in [0, 0.1) is 10.8 Å². The molecule has 0 bridgehead atoms. The van der Waals surface area contributed by atoms with E-state index >= 15 is 0 Å². The molecule has 16 heavy (non-hydrogen) atoms. The molecule has 0 saturated heterocycles. The molecule has 0 spiro atoms. The van der Waals surface area contributed by atoms with E-state index in [0.29, 0.717) is 12.0 Å². The largest absolute Gasteiger partial charge is 0.389 e. The van der Waals surface area contributed by atoms with Crippen molar-refractivity contribution < 1.29 is 9.90 Å². The second kappa shape index (κ2) is 4.46. The number of nitrogens with two attached hydrogens (primary N) is 1.